The van der Waals surface area contributed by atoms with E-state index in [1.54, 1.807) is 6.07 Å². The third-order valence-corrected chi connectivity index (χ3v) is 5.69. The number of carbonyl (C=O) groups is 1. The van der Waals surface area contributed by atoms with Gasteiger partial charge in [-0.1, -0.05) is 31.4 Å². The molecule has 24 heavy (non-hydrogen) atoms. The fourth-order valence-electron chi connectivity index (χ4n) is 3.82. The van der Waals surface area contributed by atoms with Crippen LogP contribution in [0.15, 0.2) is 18.3 Å². The molecule has 2 heterocycles. The first kappa shape index (κ1) is 17.3. The van der Waals surface area contributed by atoms with Crippen LogP contribution in [0.1, 0.15) is 62.5 Å². The summed E-state index contributed by atoms with van der Waals surface area (Å²) < 4.78 is 1.90. The average Bonchev–Trinajstić information content (AvgIpc) is 2.91. The fraction of sp³-hybridized carbons (Fsp3) is 0.579. The van der Waals surface area contributed by atoms with E-state index in [0.29, 0.717) is 22.3 Å². The maximum atomic E-state index is 12.9. The van der Waals surface area contributed by atoms with Crippen LogP contribution in [-0.2, 0) is 0 Å². The molecule has 1 amide bonds. The number of carbonyl (C=O) groups excluding carboxylic acids is 1. The second-order valence-corrected chi connectivity index (χ2v) is 8.16. The Balaban J connectivity index is 1.82. The van der Waals surface area contributed by atoms with Gasteiger partial charge < -0.3 is 9.72 Å². The lowest BCUT2D eigenvalue weighted by atomic mass is 9.73. The molecule has 1 N–H and O–H groups in total. The summed E-state index contributed by atoms with van der Waals surface area (Å²) in [5.74, 6) is 1.25. The Hall–Kier alpha value is -1.55. The minimum atomic E-state index is -0.223. The van der Waals surface area contributed by atoms with E-state index in [1.165, 1.54) is 25.7 Å². The van der Waals surface area contributed by atoms with Crippen molar-refractivity contribution in [1.29, 1.82) is 0 Å². The van der Waals surface area contributed by atoms with E-state index in [-0.39, 0.29) is 11.4 Å². The molecule has 2 aromatic heterocycles. The maximum Gasteiger partial charge on any atom is 0.255 e. The van der Waals surface area contributed by atoms with Gasteiger partial charge in [-0.3, -0.25) is 4.79 Å². The Morgan fingerprint density at radius 1 is 1.33 bits per heavy atom. The zero-order chi connectivity index (χ0) is 17.5. The molecular formula is C19H26ClN3O. The highest BCUT2D eigenvalue weighted by Crippen LogP contribution is 2.35. The lowest BCUT2D eigenvalue weighted by Crippen LogP contribution is -2.50. The molecule has 0 atom stereocenters. The van der Waals surface area contributed by atoms with Crippen molar-refractivity contribution in [2.75, 3.05) is 0 Å². The monoisotopic (exact) mass is 347 g/mol. The topological polar surface area (TPSA) is 46.4 Å². The molecule has 5 heteroatoms. The van der Waals surface area contributed by atoms with E-state index >= 15 is 0 Å². The Morgan fingerprint density at radius 3 is 2.67 bits per heavy atom. The fourth-order valence-corrected chi connectivity index (χ4v) is 4.06. The number of rotatable bonds is 3. The predicted octanol–water partition coefficient (Wildman–Crippen LogP) is 4.63. The van der Waals surface area contributed by atoms with Crippen molar-refractivity contribution < 1.29 is 4.79 Å². The van der Waals surface area contributed by atoms with Crippen LogP contribution in [0, 0.1) is 18.8 Å². The van der Waals surface area contributed by atoms with E-state index in [4.69, 9.17) is 11.6 Å². The third-order valence-electron chi connectivity index (χ3n) is 5.50. The van der Waals surface area contributed by atoms with Crippen LogP contribution in [0.25, 0.3) is 5.65 Å². The summed E-state index contributed by atoms with van der Waals surface area (Å²) in [6.45, 7) is 8.53. The maximum absolute atomic E-state index is 12.9. The third kappa shape index (κ3) is 3.30. The van der Waals surface area contributed by atoms with Crippen molar-refractivity contribution in [1.82, 2.24) is 14.7 Å². The molecule has 1 fully saturated rings. The molecule has 2 aromatic rings. The number of nitrogens with zero attached hydrogens (tertiary/aromatic N) is 2. The number of aryl methyl sites for hydroxylation is 1. The number of fused-ring (bicyclic) bond motifs is 1. The van der Waals surface area contributed by atoms with Gasteiger partial charge in [-0.2, -0.15) is 0 Å². The second-order valence-electron chi connectivity index (χ2n) is 7.78. The van der Waals surface area contributed by atoms with E-state index in [2.05, 4.69) is 31.1 Å². The van der Waals surface area contributed by atoms with Gasteiger partial charge in [0.15, 0.2) is 5.65 Å². The van der Waals surface area contributed by atoms with Crippen LogP contribution in [0.2, 0.25) is 5.15 Å². The lowest BCUT2D eigenvalue weighted by molar-refractivity contribution is 0.0849. The predicted molar refractivity (Wildman–Crippen MR) is 97.6 cm³/mol. The van der Waals surface area contributed by atoms with Crippen molar-refractivity contribution >= 4 is 23.2 Å². The van der Waals surface area contributed by atoms with Gasteiger partial charge in [0.05, 0.1) is 5.56 Å². The Kier molecular flexibility index (Phi) is 4.60. The molecule has 4 nitrogen and oxygen atoms in total. The highest BCUT2D eigenvalue weighted by Gasteiger charge is 2.34. The summed E-state index contributed by atoms with van der Waals surface area (Å²) in [4.78, 5) is 17.2. The van der Waals surface area contributed by atoms with Crippen LogP contribution < -0.4 is 5.32 Å². The molecule has 0 radical (unpaired) electrons. The Bertz CT molecular complexity index is 757. The molecule has 0 saturated heterocycles. The number of amides is 1. The zero-order valence-corrected chi connectivity index (χ0v) is 15.7. The van der Waals surface area contributed by atoms with Gasteiger partial charge in [0, 0.05) is 17.4 Å². The van der Waals surface area contributed by atoms with Crippen molar-refractivity contribution in [3.05, 3.63) is 34.7 Å². The van der Waals surface area contributed by atoms with E-state index in [1.807, 2.05) is 23.6 Å². The highest BCUT2D eigenvalue weighted by atomic mass is 35.5. The van der Waals surface area contributed by atoms with Crippen molar-refractivity contribution in [2.24, 2.45) is 11.8 Å². The Labute approximate surface area is 148 Å². The molecule has 0 unspecified atom stereocenters. The molecule has 0 bridgehead atoms. The molecule has 1 aliphatic carbocycles. The SMILES string of the molecule is Cc1cc(Cl)nc2c(C(=O)NC(C)(C)C3CCC(C)CC3)ccn12. The normalized spacial score (nSPS) is 21.9. The van der Waals surface area contributed by atoms with E-state index in [9.17, 15) is 4.79 Å². The minimum absolute atomic E-state index is 0.0738. The summed E-state index contributed by atoms with van der Waals surface area (Å²) in [6.07, 6.45) is 6.71. The van der Waals surface area contributed by atoms with Gasteiger partial charge in [0.1, 0.15) is 5.15 Å². The molecular weight excluding hydrogens is 322 g/mol. The van der Waals surface area contributed by atoms with Gasteiger partial charge in [-0.25, -0.2) is 4.98 Å². The number of aromatic nitrogens is 2. The molecule has 1 aliphatic rings. The average molecular weight is 348 g/mol. The van der Waals surface area contributed by atoms with Crippen LogP contribution in [0.4, 0.5) is 0 Å². The summed E-state index contributed by atoms with van der Waals surface area (Å²) in [5, 5.41) is 3.65. The van der Waals surface area contributed by atoms with E-state index in [0.717, 1.165) is 11.6 Å². The largest absolute Gasteiger partial charge is 0.347 e. The van der Waals surface area contributed by atoms with E-state index < -0.39 is 0 Å². The smallest absolute Gasteiger partial charge is 0.255 e. The number of hydrogen-bond donors (Lipinski definition) is 1. The quantitative estimate of drug-likeness (QED) is 0.823. The summed E-state index contributed by atoms with van der Waals surface area (Å²) in [6, 6.07) is 3.61. The van der Waals surface area contributed by atoms with Gasteiger partial charge >= 0.3 is 0 Å². The minimum Gasteiger partial charge on any atom is -0.347 e. The first-order chi connectivity index (χ1) is 11.3. The van der Waals surface area contributed by atoms with Gasteiger partial charge in [-0.15, -0.1) is 0 Å². The van der Waals surface area contributed by atoms with Crippen LogP contribution in [0.3, 0.4) is 0 Å². The second kappa shape index (κ2) is 6.40. The lowest BCUT2D eigenvalue weighted by Gasteiger charge is -2.39. The first-order valence-corrected chi connectivity index (χ1v) is 9.12. The zero-order valence-electron chi connectivity index (χ0n) is 14.9. The number of halogens is 1. The van der Waals surface area contributed by atoms with Crippen molar-refractivity contribution in [2.45, 2.75) is 58.9 Å². The summed E-state index contributed by atoms with van der Waals surface area (Å²) >= 11 is 6.07. The van der Waals surface area contributed by atoms with Crippen molar-refractivity contribution in [3.8, 4) is 0 Å². The highest BCUT2D eigenvalue weighted by molar-refractivity contribution is 6.29. The van der Waals surface area contributed by atoms with Gasteiger partial charge in [-0.05, 0) is 57.6 Å². The summed E-state index contributed by atoms with van der Waals surface area (Å²) in [7, 11) is 0. The van der Waals surface area contributed by atoms with Crippen LogP contribution in [-0.4, -0.2) is 20.8 Å². The number of nitrogens with one attached hydrogen (secondary N) is 1. The molecule has 130 valence electrons. The van der Waals surface area contributed by atoms with Crippen molar-refractivity contribution in [3.63, 3.8) is 0 Å². The first-order valence-electron chi connectivity index (χ1n) is 8.74. The molecule has 3 rings (SSSR count). The van der Waals surface area contributed by atoms with Gasteiger partial charge in [0.25, 0.3) is 5.91 Å². The van der Waals surface area contributed by atoms with Gasteiger partial charge in [0.2, 0.25) is 0 Å². The molecule has 1 saturated carbocycles. The molecule has 0 spiro atoms. The standard InChI is InChI=1S/C19H26ClN3O/c1-12-5-7-14(8-6-12)19(3,4)22-18(24)15-9-10-23-13(2)11-16(20)21-17(15)23/h9-12,14H,5-8H2,1-4H3,(H,22,24). The van der Waals surface area contributed by atoms with Crippen LogP contribution >= 0.6 is 11.6 Å². The molecule has 0 aromatic carbocycles. The Morgan fingerprint density at radius 2 is 2.00 bits per heavy atom. The number of hydrogen-bond acceptors (Lipinski definition) is 2. The van der Waals surface area contributed by atoms with Crippen LogP contribution in [0.5, 0.6) is 0 Å². The summed E-state index contributed by atoms with van der Waals surface area (Å²) in [5.41, 5.74) is 1.94. The molecule has 0 aliphatic heterocycles.